The zero-order chi connectivity index (χ0) is 11.8. The van der Waals surface area contributed by atoms with Crippen LogP contribution < -0.4 is 5.56 Å². The molecule has 0 aliphatic heterocycles. The normalized spacial score (nSPS) is 11.5. The van der Waals surface area contributed by atoms with Crippen molar-refractivity contribution >= 4 is 21.9 Å². The molecule has 0 saturated carbocycles. The number of hydrogen-bond acceptors (Lipinski definition) is 2. The fourth-order valence-corrected chi connectivity index (χ4v) is 2.13. The molecule has 0 atom stereocenters. The van der Waals surface area contributed by atoms with Gasteiger partial charge in [-0.3, -0.25) is 4.79 Å². The SMILES string of the molecule is CC(C)(C)c1[nH]c(=O)c(C(=O)O)cc1Br. The van der Waals surface area contributed by atoms with Gasteiger partial charge in [-0.1, -0.05) is 20.8 Å². The second-order valence-corrected chi connectivity index (χ2v) is 5.14. The molecular weight excluding hydrogens is 262 g/mol. The van der Waals surface area contributed by atoms with Crippen molar-refractivity contribution in [1.82, 2.24) is 4.98 Å². The Morgan fingerprint density at radius 1 is 1.47 bits per heavy atom. The first-order valence-electron chi connectivity index (χ1n) is 4.40. The minimum atomic E-state index is -1.22. The highest BCUT2D eigenvalue weighted by atomic mass is 79.9. The van der Waals surface area contributed by atoms with Crippen molar-refractivity contribution in [3.8, 4) is 0 Å². The number of hydrogen-bond donors (Lipinski definition) is 2. The van der Waals surface area contributed by atoms with E-state index in [2.05, 4.69) is 20.9 Å². The van der Waals surface area contributed by atoms with Crippen LogP contribution in [0.2, 0.25) is 0 Å². The van der Waals surface area contributed by atoms with Gasteiger partial charge in [0.2, 0.25) is 0 Å². The van der Waals surface area contributed by atoms with Gasteiger partial charge in [0.1, 0.15) is 5.56 Å². The van der Waals surface area contributed by atoms with Gasteiger partial charge in [-0.15, -0.1) is 0 Å². The van der Waals surface area contributed by atoms with Crippen LogP contribution in [0.1, 0.15) is 36.8 Å². The average molecular weight is 274 g/mol. The minimum Gasteiger partial charge on any atom is -0.477 e. The zero-order valence-electron chi connectivity index (χ0n) is 8.72. The largest absolute Gasteiger partial charge is 0.477 e. The number of nitrogens with one attached hydrogen (secondary N) is 1. The third-order valence-electron chi connectivity index (χ3n) is 1.97. The smallest absolute Gasteiger partial charge is 0.341 e. The second kappa shape index (κ2) is 3.81. The summed E-state index contributed by atoms with van der Waals surface area (Å²) in [4.78, 5) is 24.7. The van der Waals surface area contributed by atoms with E-state index in [1.165, 1.54) is 6.07 Å². The number of halogens is 1. The highest BCUT2D eigenvalue weighted by Gasteiger charge is 2.21. The molecule has 5 heteroatoms. The molecule has 1 rings (SSSR count). The molecule has 0 aliphatic carbocycles. The van der Waals surface area contributed by atoms with E-state index in [4.69, 9.17) is 5.11 Å². The summed E-state index contributed by atoms with van der Waals surface area (Å²) in [5, 5.41) is 8.74. The average Bonchev–Trinajstić information content (AvgIpc) is 2.06. The summed E-state index contributed by atoms with van der Waals surface area (Å²) in [5.74, 6) is -1.22. The van der Waals surface area contributed by atoms with E-state index in [-0.39, 0.29) is 11.0 Å². The monoisotopic (exact) mass is 273 g/mol. The van der Waals surface area contributed by atoms with E-state index in [9.17, 15) is 9.59 Å². The molecule has 1 heterocycles. The van der Waals surface area contributed by atoms with Gasteiger partial charge in [-0.05, 0) is 22.0 Å². The lowest BCUT2D eigenvalue weighted by atomic mass is 9.91. The van der Waals surface area contributed by atoms with Gasteiger partial charge in [-0.25, -0.2) is 4.79 Å². The first-order valence-corrected chi connectivity index (χ1v) is 5.19. The molecule has 0 bridgehead atoms. The van der Waals surface area contributed by atoms with Gasteiger partial charge in [0.05, 0.1) is 0 Å². The summed E-state index contributed by atoms with van der Waals surface area (Å²) < 4.78 is 0.604. The van der Waals surface area contributed by atoms with Crippen LogP contribution in [-0.2, 0) is 5.41 Å². The Morgan fingerprint density at radius 2 is 2.00 bits per heavy atom. The third-order valence-corrected chi connectivity index (χ3v) is 2.60. The molecule has 0 spiro atoms. The molecule has 82 valence electrons. The van der Waals surface area contributed by atoms with Crippen LogP contribution in [0.5, 0.6) is 0 Å². The molecule has 4 nitrogen and oxygen atoms in total. The maximum absolute atomic E-state index is 11.4. The summed E-state index contributed by atoms with van der Waals surface area (Å²) in [6.07, 6.45) is 0. The fraction of sp³-hybridized carbons (Fsp3) is 0.400. The van der Waals surface area contributed by atoms with Crippen molar-refractivity contribution in [1.29, 1.82) is 0 Å². The Hall–Kier alpha value is -1.10. The van der Waals surface area contributed by atoms with Gasteiger partial charge in [-0.2, -0.15) is 0 Å². The van der Waals surface area contributed by atoms with Crippen LogP contribution >= 0.6 is 15.9 Å². The van der Waals surface area contributed by atoms with E-state index in [0.29, 0.717) is 10.2 Å². The number of carboxylic acids is 1. The Bertz CT molecular complexity index is 457. The molecule has 0 unspecified atom stereocenters. The molecule has 0 saturated heterocycles. The molecule has 1 aromatic heterocycles. The number of carbonyl (C=O) groups is 1. The Balaban J connectivity index is 3.46. The van der Waals surface area contributed by atoms with Gasteiger partial charge >= 0.3 is 5.97 Å². The summed E-state index contributed by atoms with van der Waals surface area (Å²) in [6.45, 7) is 5.80. The van der Waals surface area contributed by atoms with Gasteiger partial charge in [0, 0.05) is 15.6 Å². The summed E-state index contributed by atoms with van der Waals surface area (Å²) in [7, 11) is 0. The van der Waals surface area contributed by atoms with Gasteiger partial charge < -0.3 is 10.1 Å². The lowest BCUT2D eigenvalue weighted by molar-refractivity contribution is 0.0694. The number of rotatable bonds is 1. The molecular formula is C10H12BrNO3. The highest BCUT2D eigenvalue weighted by Crippen LogP contribution is 2.26. The molecule has 0 amide bonds. The molecule has 1 aromatic rings. The van der Waals surface area contributed by atoms with Crippen molar-refractivity contribution in [2.24, 2.45) is 0 Å². The summed E-state index contributed by atoms with van der Waals surface area (Å²) in [6, 6.07) is 1.34. The minimum absolute atomic E-state index is 0.241. The van der Waals surface area contributed by atoms with E-state index in [0.717, 1.165) is 0 Å². The quantitative estimate of drug-likeness (QED) is 0.824. The number of carboxylic acid groups (broad SMARTS) is 1. The number of aromatic nitrogens is 1. The molecule has 0 radical (unpaired) electrons. The number of aromatic carboxylic acids is 1. The standard InChI is InChI=1S/C10H12BrNO3/c1-10(2,3)7-6(11)4-5(9(14)15)8(13)12-7/h4H,1-3H3,(H,12,13)(H,14,15). The molecule has 2 N–H and O–H groups in total. The van der Waals surface area contributed by atoms with Gasteiger partial charge in [0.25, 0.3) is 5.56 Å². The summed E-state index contributed by atoms with van der Waals surface area (Å²) >= 11 is 3.25. The molecule has 15 heavy (non-hydrogen) atoms. The maximum atomic E-state index is 11.4. The van der Waals surface area contributed by atoms with Crippen molar-refractivity contribution in [3.05, 3.63) is 32.2 Å². The predicted octanol–water partition coefficient (Wildman–Crippen LogP) is 2.13. The van der Waals surface area contributed by atoms with Crippen LogP contribution in [0.3, 0.4) is 0 Å². The van der Waals surface area contributed by atoms with Crippen LogP contribution in [-0.4, -0.2) is 16.1 Å². The Morgan fingerprint density at radius 3 is 2.40 bits per heavy atom. The molecule has 0 aromatic carbocycles. The van der Waals surface area contributed by atoms with Crippen LogP contribution in [0.25, 0.3) is 0 Å². The summed E-state index contributed by atoms with van der Waals surface area (Å²) in [5.41, 5.74) is -0.377. The van der Waals surface area contributed by atoms with E-state index < -0.39 is 11.5 Å². The number of H-pyrrole nitrogens is 1. The van der Waals surface area contributed by atoms with Crippen molar-refractivity contribution in [2.45, 2.75) is 26.2 Å². The lowest BCUT2D eigenvalue weighted by Crippen LogP contribution is -2.24. The van der Waals surface area contributed by atoms with Crippen molar-refractivity contribution < 1.29 is 9.90 Å². The second-order valence-electron chi connectivity index (χ2n) is 4.29. The predicted molar refractivity (Wildman–Crippen MR) is 60.4 cm³/mol. The topological polar surface area (TPSA) is 70.2 Å². The number of aromatic amines is 1. The van der Waals surface area contributed by atoms with E-state index in [1.807, 2.05) is 20.8 Å². The zero-order valence-corrected chi connectivity index (χ0v) is 10.3. The maximum Gasteiger partial charge on any atom is 0.341 e. The Kier molecular flexibility index (Phi) is 3.04. The first-order chi connectivity index (χ1) is 6.73. The Labute approximate surface area is 95.5 Å². The fourth-order valence-electron chi connectivity index (χ4n) is 1.21. The van der Waals surface area contributed by atoms with E-state index in [1.54, 1.807) is 0 Å². The van der Waals surface area contributed by atoms with Crippen LogP contribution in [0.4, 0.5) is 0 Å². The van der Waals surface area contributed by atoms with Crippen molar-refractivity contribution in [3.63, 3.8) is 0 Å². The molecule has 0 fully saturated rings. The number of pyridine rings is 1. The molecule has 0 aliphatic rings. The van der Waals surface area contributed by atoms with Gasteiger partial charge in [0.15, 0.2) is 0 Å². The van der Waals surface area contributed by atoms with Crippen molar-refractivity contribution in [2.75, 3.05) is 0 Å². The van der Waals surface area contributed by atoms with Crippen LogP contribution in [0.15, 0.2) is 15.3 Å². The highest BCUT2D eigenvalue weighted by molar-refractivity contribution is 9.10. The lowest BCUT2D eigenvalue weighted by Gasteiger charge is -2.20. The third kappa shape index (κ3) is 2.47. The van der Waals surface area contributed by atoms with E-state index >= 15 is 0 Å². The van der Waals surface area contributed by atoms with Crippen LogP contribution in [0, 0.1) is 0 Å². The first kappa shape index (κ1) is 12.0.